The maximum atomic E-state index is 5.38. The fourth-order valence-electron chi connectivity index (χ4n) is 2.58. The molecular weight excluding hydrogens is 308 g/mol. The number of ether oxygens (including phenoxy) is 1. The van der Waals surface area contributed by atoms with E-state index in [-0.39, 0.29) is 0 Å². The summed E-state index contributed by atoms with van der Waals surface area (Å²) in [5, 5.41) is 8.92. The van der Waals surface area contributed by atoms with Gasteiger partial charge in [0.05, 0.1) is 13.2 Å². The quantitative estimate of drug-likeness (QED) is 0.561. The van der Waals surface area contributed by atoms with E-state index < -0.39 is 0 Å². The Kier molecular flexibility index (Phi) is 8.42. The lowest BCUT2D eigenvalue weighted by molar-refractivity contribution is 0.0389. The first kappa shape index (κ1) is 18.2. The van der Waals surface area contributed by atoms with E-state index in [1.54, 1.807) is 0 Å². The van der Waals surface area contributed by atoms with Gasteiger partial charge in [0.25, 0.3) is 0 Å². The molecule has 1 fully saturated rings. The summed E-state index contributed by atoms with van der Waals surface area (Å²) in [4.78, 5) is 8.61. The molecule has 1 aliphatic heterocycles. The molecular formula is C17H30N4OS. The van der Waals surface area contributed by atoms with Crippen LogP contribution in [-0.2, 0) is 11.2 Å². The van der Waals surface area contributed by atoms with E-state index in [0.717, 1.165) is 64.9 Å². The standard InChI is InChI=1S/C17H30N4OS/c1-3-18-17(19-6-7-21-8-10-22-11-9-21)20-14-15(2)13-16-5-4-12-23-16/h4-5,12,15H,3,6-11,13-14H2,1-2H3,(H2,18,19,20). The van der Waals surface area contributed by atoms with E-state index in [1.165, 1.54) is 4.88 Å². The molecule has 1 aromatic heterocycles. The first-order valence-electron chi connectivity index (χ1n) is 8.62. The van der Waals surface area contributed by atoms with E-state index in [1.807, 2.05) is 11.3 Å². The fourth-order valence-corrected chi connectivity index (χ4v) is 3.45. The molecule has 2 N–H and O–H groups in total. The van der Waals surface area contributed by atoms with Gasteiger partial charge in [0.2, 0.25) is 0 Å². The van der Waals surface area contributed by atoms with Crippen LogP contribution >= 0.6 is 11.3 Å². The minimum absolute atomic E-state index is 0.559. The van der Waals surface area contributed by atoms with Crippen molar-refractivity contribution in [3.8, 4) is 0 Å². The number of hydrogen-bond donors (Lipinski definition) is 2. The van der Waals surface area contributed by atoms with Crippen molar-refractivity contribution in [3.63, 3.8) is 0 Å². The maximum absolute atomic E-state index is 5.38. The van der Waals surface area contributed by atoms with Gasteiger partial charge in [-0.25, -0.2) is 0 Å². The van der Waals surface area contributed by atoms with Crippen LogP contribution in [0.5, 0.6) is 0 Å². The molecule has 6 heteroatoms. The molecule has 2 rings (SSSR count). The van der Waals surface area contributed by atoms with Gasteiger partial charge in [-0.05, 0) is 30.7 Å². The SMILES string of the molecule is CCNC(=NCC(C)Cc1cccs1)NCCN1CCOCC1. The first-order chi connectivity index (χ1) is 11.3. The summed E-state index contributed by atoms with van der Waals surface area (Å²) >= 11 is 1.83. The highest BCUT2D eigenvalue weighted by molar-refractivity contribution is 7.09. The molecule has 130 valence electrons. The van der Waals surface area contributed by atoms with Crippen molar-refractivity contribution in [2.24, 2.45) is 10.9 Å². The molecule has 0 bridgehead atoms. The Labute approximate surface area is 144 Å². The number of guanidine groups is 1. The van der Waals surface area contributed by atoms with E-state index in [4.69, 9.17) is 9.73 Å². The zero-order valence-corrected chi connectivity index (χ0v) is 15.2. The minimum atomic E-state index is 0.559. The van der Waals surface area contributed by atoms with E-state index in [2.05, 4.69) is 46.9 Å². The average Bonchev–Trinajstić information content (AvgIpc) is 3.06. The van der Waals surface area contributed by atoms with Crippen molar-refractivity contribution >= 4 is 17.3 Å². The van der Waals surface area contributed by atoms with Crippen LogP contribution in [0.1, 0.15) is 18.7 Å². The third-order valence-electron chi connectivity index (χ3n) is 3.86. The predicted octanol–water partition coefficient (Wildman–Crippen LogP) is 1.81. The lowest BCUT2D eigenvalue weighted by atomic mass is 10.1. The first-order valence-corrected chi connectivity index (χ1v) is 9.50. The Morgan fingerprint density at radius 1 is 1.39 bits per heavy atom. The predicted molar refractivity (Wildman–Crippen MR) is 98.4 cm³/mol. The molecule has 0 saturated carbocycles. The lowest BCUT2D eigenvalue weighted by Gasteiger charge is -2.26. The fraction of sp³-hybridized carbons (Fsp3) is 0.706. The van der Waals surface area contributed by atoms with Gasteiger partial charge in [-0.15, -0.1) is 11.3 Å². The Morgan fingerprint density at radius 3 is 2.91 bits per heavy atom. The Hall–Kier alpha value is -1.11. The second-order valence-electron chi connectivity index (χ2n) is 5.99. The molecule has 23 heavy (non-hydrogen) atoms. The van der Waals surface area contributed by atoms with Crippen LogP contribution in [0, 0.1) is 5.92 Å². The van der Waals surface area contributed by atoms with Crippen molar-refractivity contribution in [1.29, 1.82) is 0 Å². The molecule has 1 aromatic rings. The van der Waals surface area contributed by atoms with Gasteiger partial charge in [0, 0.05) is 44.1 Å². The van der Waals surface area contributed by atoms with Gasteiger partial charge in [-0.3, -0.25) is 9.89 Å². The summed E-state index contributed by atoms with van der Waals surface area (Å²) < 4.78 is 5.38. The van der Waals surface area contributed by atoms with Crippen LogP contribution in [0.25, 0.3) is 0 Å². The smallest absolute Gasteiger partial charge is 0.191 e. The number of thiophene rings is 1. The summed E-state index contributed by atoms with van der Waals surface area (Å²) in [7, 11) is 0. The number of nitrogens with one attached hydrogen (secondary N) is 2. The van der Waals surface area contributed by atoms with Crippen molar-refractivity contribution in [3.05, 3.63) is 22.4 Å². The minimum Gasteiger partial charge on any atom is -0.379 e. The van der Waals surface area contributed by atoms with Gasteiger partial charge in [-0.1, -0.05) is 13.0 Å². The van der Waals surface area contributed by atoms with Crippen LogP contribution in [0.3, 0.4) is 0 Å². The van der Waals surface area contributed by atoms with E-state index in [9.17, 15) is 0 Å². The average molecular weight is 339 g/mol. The zero-order chi connectivity index (χ0) is 16.3. The highest BCUT2D eigenvalue weighted by Crippen LogP contribution is 2.14. The normalized spacial score (nSPS) is 17.9. The summed E-state index contributed by atoms with van der Waals surface area (Å²) in [6.45, 7) is 11.9. The Balaban J connectivity index is 1.70. The molecule has 0 aromatic carbocycles. The third-order valence-corrected chi connectivity index (χ3v) is 4.76. The summed E-state index contributed by atoms with van der Waals surface area (Å²) in [5.41, 5.74) is 0. The zero-order valence-electron chi connectivity index (χ0n) is 14.4. The van der Waals surface area contributed by atoms with Crippen molar-refractivity contribution in [2.45, 2.75) is 20.3 Å². The molecule has 1 atom stereocenters. The van der Waals surface area contributed by atoms with Crippen molar-refractivity contribution in [1.82, 2.24) is 15.5 Å². The number of rotatable bonds is 8. The van der Waals surface area contributed by atoms with Gasteiger partial charge < -0.3 is 15.4 Å². The van der Waals surface area contributed by atoms with Gasteiger partial charge in [0.1, 0.15) is 0 Å². The van der Waals surface area contributed by atoms with E-state index in [0.29, 0.717) is 5.92 Å². The number of morpholine rings is 1. The molecule has 0 radical (unpaired) electrons. The van der Waals surface area contributed by atoms with Crippen LogP contribution in [0.4, 0.5) is 0 Å². The molecule has 5 nitrogen and oxygen atoms in total. The van der Waals surface area contributed by atoms with Crippen LogP contribution in [0.15, 0.2) is 22.5 Å². The van der Waals surface area contributed by atoms with Crippen LogP contribution < -0.4 is 10.6 Å². The molecule has 1 saturated heterocycles. The maximum Gasteiger partial charge on any atom is 0.191 e. The molecule has 2 heterocycles. The highest BCUT2D eigenvalue weighted by Gasteiger charge is 2.10. The number of hydrogen-bond acceptors (Lipinski definition) is 4. The van der Waals surface area contributed by atoms with Crippen LogP contribution in [-0.4, -0.2) is 63.3 Å². The highest BCUT2D eigenvalue weighted by atomic mass is 32.1. The second-order valence-corrected chi connectivity index (χ2v) is 7.02. The summed E-state index contributed by atoms with van der Waals surface area (Å²) in [6, 6.07) is 4.32. The molecule has 0 amide bonds. The topological polar surface area (TPSA) is 48.9 Å². The number of nitrogens with zero attached hydrogens (tertiary/aromatic N) is 2. The monoisotopic (exact) mass is 338 g/mol. The summed E-state index contributed by atoms with van der Waals surface area (Å²) in [5.74, 6) is 1.49. The molecule has 0 aliphatic carbocycles. The Bertz CT molecular complexity index is 443. The third kappa shape index (κ3) is 7.33. The molecule has 1 unspecified atom stereocenters. The van der Waals surface area contributed by atoms with E-state index >= 15 is 0 Å². The Morgan fingerprint density at radius 2 is 2.22 bits per heavy atom. The van der Waals surface area contributed by atoms with Crippen molar-refractivity contribution < 1.29 is 4.74 Å². The molecule has 0 spiro atoms. The van der Waals surface area contributed by atoms with Crippen molar-refractivity contribution in [2.75, 3.05) is 52.5 Å². The van der Waals surface area contributed by atoms with Gasteiger partial charge in [0.15, 0.2) is 5.96 Å². The van der Waals surface area contributed by atoms with Crippen LogP contribution in [0.2, 0.25) is 0 Å². The van der Waals surface area contributed by atoms with Gasteiger partial charge in [-0.2, -0.15) is 0 Å². The van der Waals surface area contributed by atoms with Gasteiger partial charge >= 0.3 is 0 Å². The largest absolute Gasteiger partial charge is 0.379 e. The molecule has 1 aliphatic rings. The number of aliphatic imine (C=N–C) groups is 1. The summed E-state index contributed by atoms with van der Waals surface area (Å²) in [6.07, 6.45) is 1.11. The second kappa shape index (κ2) is 10.6. The lowest BCUT2D eigenvalue weighted by Crippen LogP contribution is -2.44.